The SMILES string of the molecule is CNC(=NC(=O)c1cc2cc(F)ccc2[nH]1)NCl.Cl. The largest absolute Gasteiger partial charge is 0.358 e. The molecule has 0 unspecified atom stereocenters. The number of guanidine groups is 1. The lowest BCUT2D eigenvalue weighted by Crippen LogP contribution is -2.29. The van der Waals surface area contributed by atoms with Crippen LogP contribution >= 0.6 is 24.2 Å². The number of H-pyrrole nitrogens is 1. The van der Waals surface area contributed by atoms with Crippen LogP contribution in [-0.2, 0) is 0 Å². The van der Waals surface area contributed by atoms with Gasteiger partial charge in [-0.25, -0.2) is 4.39 Å². The number of hydrogen-bond donors (Lipinski definition) is 3. The van der Waals surface area contributed by atoms with Crippen molar-refractivity contribution in [3.8, 4) is 0 Å². The molecule has 102 valence electrons. The van der Waals surface area contributed by atoms with Crippen molar-refractivity contribution in [1.29, 1.82) is 0 Å². The van der Waals surface area contributed by atoms with Crippen LogP contribution < -0.4 is 10.2 Å². The van der Waals surface area contributed by atoms with Crippen molar-refractivity contribution < 1.29 is 9.18 Å². The minimum absolute atomic E-state index is 0. The van der Waals surface area contributed by atoms with E-state index in [9.17, 15) is 9.18 Å². The van der Waals surface area contributed by atoms with Crippen molar-refractivity contribution >= 4 is 47.0 Å². The number of carbonyl (C=O) groups is 1. The van der Waals surface area contributed by atoms with Crippen LogP contribution in [0.5, 0.6) is 0 Å². The Morgan fingerprint density at radius 1 is 1.42 bits per heavy atom. The van der Waals surface area contributed by atoms with E-state index in [1.54, 1.807) is 13.1 Å². The summed E-state index contributed by atoms with van der Waals surface area (Å²) in [6, 6.07) is 5.75. The van der Waals surface area contributed by atoms with E-state index < -0.39 is 5.91 Å². The number of aliphatic imine (C=N–C) groups is 1. The summed E-state index contributed by atoms with van der Waals surface area (Å²) in [5, 5.41) is 3.22. The van der Waals surface area contributed by atoms with Crippen LogP contribution in [0, 0.1) is 5.82 Å². The Morgan fingerprint density at radius 3 is 2.79 bits per heavy atom. The number of hydrogen-bond acceptors (Lipinski definition) is 1. The second-order valence-electron chi connectivity index (χ2n) is 3.52. The lowest BCUT2D eigenvalue weighted by atomic mass is 10.2. The Morgan fingerprint density at radius 2 is 2.16 bits per heavy atom. The van der Waals surface area contributed by atoms with E-state index in [-0.39, 0.29) is 29.9 Å². The Labute approximate surface area is 119 Å². The summed E-state index contributed by atoms with van der Waals surface area (Å²) in [7, 11) is 1.57. The first-order valence-electron chi connectivity index (χ1n) is 5.09. The summed E-state index contributed by atoms with van der Waals surface area (Å²) in [5.41, 5.74) is 0.926. The number of rotatable bonds is 1. The fraction of sp³-hybridized carbons (Fsp3) is 0.0909. The highest BCUT2D eigenvalue weighted by atomic mass is 35.5. The molecule has 0 aliphatic heterocycles. The molecule has 0 saturated carbocycles. The molecule has 19 heavy (non-hydrogen) atoms. The van der Waals surface area contributed by atoms with Crippen LogP contribution in [-0.4, -0.2) is 23.9 Å². The molecule has 0 spiro atoms. The standard InChI is InChI=1S/C11H10ClFN4O.ClH/c1-14-11(17-12)16-10(18)9-5-6-4-7(13)2-3-8(6)15-9;/h2-5,15H,1H3,(H2,14,16,17,18);1H. The van der Waals surface area contributed by atoms with E-state index in [0.717, 1.165) is 0 Å². The molecule has 0 aliphatic rings. The summed E-state index contributed by atoms with van der Waals surface area (Å²) in [5.74, 6) is -0.738. The summed E-state index contributed by atoms with van der Waals surface area (Å²) in [6.45, 7) is 0. The molecule has 1 aromatic carbocycles. The molecule has 1 heterocycles. The molecular weight excluding hydrogens is 294 g/mol. The Kier molecular flexibility index (Phi) is 5.14. The van der Waals surface area contributed by atoms with Crippen molar-refractivity contribution in [3.63, 3.8) is 0 Å². The lowest BCUT2D eigenvalue weighted by molar-refractivity contribution is 0.0998. The summed E-state index contributed by atoms with van der Waals surface area (Å²) < 4.78 is 13.0. The van der Waals surface area contributed by atoms with Gasteiger partial charge in [-0.05, 0) is 24.3 Å². The number of halogens is 3. The number of aromatic amines is 1. The average molecular weight is 305 g/mol. The Bertz CT molecular complexity index is 620. The van der Waals surface area contributed by atoms with Gasteiger partial charge in [-0.2, -0.15) is 4.99 Å². The maximum atomic E-state index is 13.0. The van der Waals surface area contributed by atoms with Gasteiger partial charge < -0.3 is 10.3 Å². The monoisotopic (exact) mass is 304 g/mol. The molecule has 1 aromatic heterocycles. The van der Waals surface area contributed by atoms with Crippen LogP contribution in [0.4, 0.5) is 4.39 Å². The van der Waals surface area contributed by atoms with Crippen molar-refractivity contribution in [3.05, 3.63) is 35.8 Å². The first-order chi connectivity index (χ1) is 8.63. The summed E-state index contributed by atoms with van der Waals surface area (Å²) in [4.78, 5) is 20.5. The number of benzene rings is 1. The number of fused-ring (bicyclic) bond motifs is 1. The van der Waals surface area contributed by atoms with Crippen molar-refractivity contribution in [2.45, 2.75) is 0 Å². The molecule has 2 aromatic rings. The second kappa shape index (κ2) is 6.40. The van der Waals surface area contributed by atoms with E-state index in [1.807, 2.05) is 0 Å². The molecule has 3 N–H and O–H groups in total. The van der Waals surface area contributed by atoms with Crippen LogP contribution in [0.15, 0.2) is 29.3 Å². The topological polar surface area (TPSA) is 69.3 Å². The highest BCUT2D eigenvalue weighted by Gasteiger charge is 2.10. The quantitative estimate of drug-likeness (QED) is 0.430. The molecule has 2 rings (SSSR count). The van der Waals surface area contributed by atoms with Crippen molar-refractivity contribution in [2.24, 2.45) is 4.99 Å². The van der Waals surface area contributed by atoms with E-state index in [0.29, 0.717) is 10.9 Å². The summed E-state index contributed by atoms with van der Waals surface area (Å²) in [6.07, 6.45) is 0. The molecule has 0 fully saturated rings. The third-order valence-electron chi connectivity index (χ3n) is 2.35. The molecule has 1 amide bonds. The lowest BCUT2D eigenvalue weighted by Gasteiger charge is -1.99. The molecule has 8 heteroatoms. The van der Waals surface area contributed by atoms with Gasteiger partial charge in [0, 0.05) is 29.7 Å². The number of nitrogens with one attached hydrogen (secondary N) is 3. The molecule has 0 radical (unpaired) electrons. The van der Waals surface area contributed by atoms with Gasteiger partial charge in [-0.15, -0.1) is 12.4 Å². The first-order valence-corrected chi connectivity index (χ1v) is 5.47. The van der Waals surface area contributed by atoms with Gasteiger partial charge in [0.25, 0.3) is 5.91 Å². The molecule has 0 bridgehead atoms. The average Bonchev–Trinajstić information content (AvgIpc) is 2.78. The molecule has 0 atom stereocenters. The van der Waals surface area contributed by atoms with Crippen LogP contribution in [0.1, 0.15) is 10.5 Å². The van der Waals surface area contributed by atoms with E-state index in [2.05, 4.69) is 20.1 Å². The van der Waals surface area contributed by atoms with Crippen LogP contribution in [0.2, 0.25) is 0 Å². The van der Waals surface area contributed by atoms with Gasteiger partial charge >= 0.3 is 0 Å². The maximum Gasteiger partial charge on any atom is 0.296 e. The van der Waals surface area contributed by atoms with Gasteiger partial charge in [0.2, 0.25) is 5.96 Å². The van der Waals surface area contributed by atoms with Crippen molar-refractivity contribution in [2.75, 3.05) is 7.05 Å². The smallest absolute Gasteiger partial charge is 0.296 e. The number of nitrogens with zero attached hydrogens (tertiary/aromatic N) is 1. The van der Waals surface area contributed by atoms with Gasteiger partial charge in [0.05, 0.1) is 0 Å². The molecular formula is C11H11Cl2FN4O. The van der Waals surface area contributed by atoms with Gasteiger partial charge in [0.1, 0.15) is 11.5 Å². The van der Waals surface area contributed by atoms with Crippen LogP contribution in [0.3, 0.4) is 0 Å². The third-order valence-corrected chi connectivity index (χ3v) is 2.53. The van der Waals surface area contributed by atoms with E-state index in [4.69, 9.17) is 11.8 Å². The second-order valence-corrected chi connectivity index (χ2v) is 3.71. The summed E-state index contributed by atoms with van der Waals surface area (Å²) >= 11 is 5.34. The maximum absolute atomic E-state index is 13.0. The number of carbonyl (C=O) groups excluding carboxylic acids is 1. The number of amides is 1. The minimum atomic E-state index is -0.510. The zero-order valence-electron chi connectivity index (χ0n) is 9.83. The van der Waals surface area contributed by atoms with Gasteiger partial charge in [-0.1, -0.05) is 0 Å². The van der Waals surface area contributed by atoms with Crippen LogP contribution in [0.25, 0.3) is 10.9 Å². The highest BCUT2D eigenvalue weighted by molar-refractivity contribution is 6.23. The van der Waals surface area contributed by atoms with Crippen molar-refractivity contribution in [1.82, 2.24) is 15.1 Å². The van der Waals surface area contributed by atoms with E-state index >= 15 is 0 Å². The predicted octanol–water partition coefficient (Wildman–Crippen LogP) is 2.19. The van der Waals surface area contributed by atoms with Gasteiger partial charge in [0.15, 0.2) is 0 Å². The van der Waals surface area contributed by atoms with Gasteiger partial charge in [-0.3, -0.25) is 9.63 Å². The normalized spacial score (nSPS) is 11.0. The Balaban J connectivity index is 0.00000180. The zero-order valence-corrected chi connectivity index (χ0v) is 11.4. The molecule has 0 saturated heterocycles. The first kappa shape index (κ1) is 15.3. The molecule has 5 nitrogen and oxygen atoms in total. The fourth-order valence-corrected chi connectivity index (χ4v) is 1.64. The number of aromatic nitrogens is 1. The van der Waals surface area contributed by atoms with E-state index in [1.165, 1.54) is 18.2 Å². The molecule has 0 aliphatic carbocycles. The zero-order chi connectivity index (χ0) is 13.1. The fourth-order valence-electron chi connectivity index (χ4n) is 1.50. The highest BCUT2D eigenvalue weighted by Crippen LogP contribution is 2.17. The third kappa shape index (κ3) is 3.36. The predicted molar refractivity (Wildman–Crippen MR) is 75.3 cm³/mol. The minimum Gasteiger partial charge on any atom is -0.358 e. The Hall–Kier alpha value is -1.79.